The van der Waals surface area contributed by atoms with Crippen LogP contribution in [0.15, 0.2) is 65.6 Å². The van der Waals surface area contributed by atoms with Crippen LogP contribution in [0.2, 0.25) is 0 Å². The summed E-state index contributed by atoms with van der Waals surface area (Å²) in [6.07, 6.45) is 1.81. The lowest BCUT2D eigenvalue weighted by Crippen LogP contribution is -2.41. The highest BCUT2D eigenvalue weighted by Gasteiger charge is 2.34. The van der Waals surface area contributed by atoms with Crippen molar-refractivity contribution in [3.8, 4) is 0 Å². The maximum Gasteiger partial charge on any atom is 0.266 e. The monoisotopic (exact) mass is 396 g/mol. The van der Waals surface area contributed by atoms with Crippen LogP contribution >= 0.6 is 24.0 Å². The maximum atomic E-state index is 12.7. The Kier molecular flexibility index (Phi) is 6.42. The molecule has 2 aromatic rings. The number of thiocarbonyl (C=S) groups is 1. The van der Waals surface area contributed by atoms with Gasteiger partial charge in [0.25, 0.3) is 5.91 Å². The molecule has 0 radical (unpaired) electrons. The van der Waals surface area contributed by atoms with E-state index < -0.39 is 0 Å². The summed E-state index contributed by atoms with van der Waals surface area (Å²) in [5.74, 6) is -0.323. The second kappa shape index (κ2) is 8.97. The van der Waals surface area contributed by atoms with Gasteiger partial charge in [0.2, 0.25) is 5.91 Å². The van der Waals surface area contributed by atoms with Crippen LogP contribution in [0, 0.1) is 0 Å². The van der Waals surface area contributed by atoms with E-state index in [0.29, 0.717) is 22.3 Å². The van der Waals surface area contributed by atoms with Crippen LogP contribution in [0.5, 0.6) is 0 Å². The summed E-state index contributed by atoms with van der Waals surface area (Å²) in [5, 5.41) is 0. The van der Waals surface area contributed by atoms with Gasteiger partial charge >= 0.3 is 0 Å². The molecule has 0 aliphatic carbocycles. The standard InChI is InChI=1S/C21H20N2O2S2/c1-2-22(14-17-11-7-4-8-12-17)19(24)15-23-20(25)18(27-21(23)26)13-16-9-5-3-6-10-16/h3-13H,2,14-15H2,1H3/b18-13+. The quantitative estimate of drug-likeness (QED) is 0.548. The Morgan fingerprint density at radius 3 is 2.37 bits per heavy atom. The van der Waals surface area contributed by atoms with Crippen LogP contribution in [0.1, 0.15) is 18.1 Å². The normalized spacial score (nSPS) is 15.4. The molecule has 4 nitrogen and oxygen atoms in total. The lowest BCUT2D eigenvalue weighted by atomic mass is 10.2. The number of amides is 2. The molecule has 2 aromatic carbocycles. The minimum absolute atomic E-state index is 0.0303. The van der Waals surface area contributed by atoms with Crippen LogP contribution in [-0.4, -0.2) is 39.0 Å². The van der Waals surface area contributed by atoms with Crippen LogP contribution in [0.25, 0.3) is 6.08 Å². The van der Waals surface area contributed by atoms with Crippen LogP contribution in [0.4, 0.5) is 0 Å². The van der Waals surface area contributed by atoms with E-state index in [1.165, 1.54) is 16.7 Å². The second-order valence-electron chi connectivity index (χ2n) is 6.07. The highest BCUT2D eigenvalue weighted by molar-refractivity contribution is 8.26. The minimum Gasteiger partial charge on any atom is -0.337 e. The Morgan fingerprint density at radius 2 is 1.74 bits per heavy atom. The van der Waals surface area contributed by atoms with Gasteiger partial charge in [-0.3, -0.25) is 14.5 Å². The zero-order valence-electron chi connectivity index (χ0n) is 15.0. The Balaban J connectivity index is 1.69. The first-order chi connectivity index (χ1) is 13.1. The molecule has 2 amide bonds. The van der Waals surface area contributed by atoms with E-state index in [1.807, 2.05) is 73.7 Å². The molecule has 27 heavy (non-hydrogen) atoms. The molecule has 1 fully saturated rings. The van der Waals surface area contributed by atoms with Crippen molar-refractivity contribution in [2.75, 3.05) is 13.1 Å². The van der Waals surface area contributed by atoms with Crippen molar-refractivity contribution < 1.29 is 9.59 Å². The number of benzene rings is 2. The third-order valence-electron chi connectivity index (χ3n) is 4.21. The molecule has 3 rings (SSSR count). The Labute approximate surface area is 168 Å². The number of nitrogens with zero attached hydrogens (tertiary/aromatic N) is 2. The maximum absolute atomic E-state index is 12.7. The molecule has 138 valence electrons. The number of carbonyl (C=O) groups excluding carboxylic acids is 2. The summed E-state index contributed by atoms with van der Waals surface area (Å²) < 4.78 is 0.422. The Morgan fingerprint density at radius 1 is 1.11 bits per heavy atom. The fraction of sp³-hybridized carbons (Fsp3) is 0.190. The van der Waals surface area contributed by atoms with E-state index in [0.717, 1.165) is 11.1 Å². The highest BCUT2D eigenvalue weighted by atomic mass is 32.2. The molecular formula is C21H20N2O2S2. The number of likely N-dealkylation sites (N-methyl/N-ethyl adjacent to an activating group) is 1. The van der Waals surface area contributed by atoms with Crippen LogP contribution in [0.3, 0.4) is 0 Å². The SMILES string of the molecule is CCN(Cc1ccccc1)C(=O)CN1C(=O)/C(=C\c2ccccc2)SC1=S. The van der Waals surface area contributed by atoms with Gasteiger partial charge in [0.1, 0.15) is 10.9 Å². The third-order valence-corrected chi connectivity index (χ3v) is 5.59. The Hall–Kier alpha value is -2.44. The van der Waals surface area contributed by atoms with Crippen LogP contribution in [-0.2, 0) is 16.1 Å². The summed E-state index contributed by atoms with van der Waals surface area (Å²) in [4.78, 5) is 29.1. The van der Waals surface area contributed by atoms with Crippen molar-refractivity contribution >= 4 is 46.2 Å². The Bertz CT molecular complexity index is 866. The lowest BCUT2D eigenvalue weighted by Gasteiger charge is -2.23. The minimum atomic E-state index is -0.210. The first-order valence-corrected chi connectivity index (χ1v) is 9.93. The van der Waals surface area contributed by atoms with E-state index in [-0.39, 0.29) is 18.4 Å². The zero-order chi connectivity index (χ0) is 19.2. The van der Waals surface area contributed by atoms with E-state index in [9.17, 15) is 9.59 Å². The van der Waals surface area contributed by atoms with Crippen molar-refractivity contribution in [3.05, 3.63) is 76.7 Å². The molecule has 0 aromatic heterocycles. The van der Waals surface area contributed by atoms with Gasteiger partial charge in [-0.15, -0.1) is 0 Å². The van der Waals surface area contributed by atoms with Crippen molar-refractivity contribution in [1.29, 1.82) is 0 Å². The first kappa shape index (κ1) is 19.3. The summed E-state index contributed by atoms with van der Waals surface area (Å²) in [7, 11) is 0. The molecule has 0 spiro atoms. The summed E-state index contributed by atoms with van der Waals surface area (Å²) >= 11 is 6.58. The third kappa shape index (κ3) is 4.84. The predicted molar refractivity (Wildman–Crippen MR) is 114 cm³/mol. The molecule has 1 heterocycles. The summed E-state index contributed by atoms with van der Waals surface area (Å²) in [6.45, 7) is 2.99. The molecule has 0 unspecified atom stereocenters. The van der Waals surface area contributed by atoms with Crippen molar-refractivity contribution in [2.45, 2.75) is 13.5 Å². The van der Waals surface area contributed by atoms with Gasteiger partial charge < -0.3 is 4.90 Å². The molecule has 0 bridgehead atoms. The second-order valence-corrected chi connectivity index (χ2v) is 7.75. The van der Waals surface area contributed by atoms with E-state index in [1.54, 1.807) is 4.90 Å². The molecular weight excluding hydrogens is 376 g/mol. The molecule has 1 saturated heterocycles. The lowest BCUT2D eigenvalue weighted by molar-refractivity contribution is -0.135. The fourth-order valence-electron chi connectivity index (χ4n) is 2.75. The number of carbonyl (C=O) groups is 2. The molecule has 0 N–H and O–H groups in total. The van der Waals surface area contributed by atoms with Crippen molar-refractivity contribution in [2.24, 2.45) is 0 Å². The van der Waals surface area contributed by atoms with Gasteiger partial charge in [0.05, 0.1) is 4.91 Å². The van der Waals surface area contributed by atoms with Gasteiger partial charge in [-0.25, -0.2) is 0 Å². The molecule has 1 aliphatic heterocycles. The summed E-state index contributed by atoms with van der Waals surface area (Å²) in [5.41, 5.74) is 1.99. The zero-order valence-corrected chi connectivity index (χ0v) is 16.6. The average molecular weight is 397 g/mol. The first-order valence-electron chi connectivity index (χ1n) is 8.70. The van der Waals surface area contributed by atoms with Crippen molar-refractivity contribution in [1.82, 2.24) is 9.80 Å². The van der Waals surface area contributed by atoms with Gasteiger partial charge in [-0.1, -0.05) is 84.6 Å². The molecule has 0 saturated carbocycles. The predicted octanol–water partition coefficient (Wildman–Crippen LogP) is 3.94. The van der Waals surface area contributed by atoms with E-state index >= 15 is 0 Å². The smallest absolute Gasteiger partial charge is 0.266 e. The van der Waals surface area contributed by atoms with E-state index in [2.05, 4.69) is 0 Å². The van der Waals surface area contributed by atoms with Crippen LogP contribution < -0.4 is 0 Å². The van der Waals surface area contributed by atoms with Gasteiger partial charge in [-0.05, 0) is 24.1 Å². The van der Waals surface area contributed by atoms with Gasteiger partial charge in [0.15, 0.2) is 0 Å². The topological polar surface area (TPSA) is 40.6 Å². The fourth-order valence-corrected chi connectivity index (χ4v) is 4.01. The number of hydrogen-bond acceptors (Lipinski definition) is 4. The number of thioether (sulfide) groups is 1. The summed E-state index contributed by atoms with van der Waals surface area (Å²) in [6, 6.07) is 19.4. The number of hydrogen-bond donors (Lipinski definition) is 0. The molecule has 0 atom stereocenters. The molecule has 1 aliphatic rings. The van der Waals surface area contributed by atoms with Crippen molar-refractivity contribution in [3.63, 3.8) is 0 Å². The van der Waals surface area contributed by atoms with E-state index in [4.69, 9.17) is 12.2 Å². The number of rotatable bonds is 6. The largest absolute Gasteiger partial charge is 0.337 e. The average Bonchev–Trinajstić information content (AvgIpc) is 2.95. The molecule has 6 heteroatoms. The van der Waals surface area contributed by atoms with Gasteiger partial charge in [-0.2, -0.15) is 0 Å². The highest BCUT2D eigenvalue weighted by Crippen LogP contribution is 2.32. The van der Waals surface area contributed by atoms with Gasteiger partial charge in [0, 0.05) is 13.1 Å².